The minimum atomic E-state index is -3.79. The van der Waals surface area contributed by atoms with Gasteiger partial charge in [0, 0.05) is 5.39 Å². The molecule has 0 saturated carbocycles. The van der Waals surface area contributed by atoms with Crippen molar-refractivity contribution in [3.05, 3.63) is 54.8 Å². The van der Waals surface area contributed by atoms with Crippen LogP contribution in [0.5, 0.6) is 0 Å². The van der Waals surface area contributed by atoms with Crippen LogP contribution in [0.1, 0.15) is 8.35 Å². The predicted octanol–water partition coefficient (Wildman–Crippen LogP) is 0.195. The second-order valence-electron chi connectivity index (χ2n) is 3.72. The van der Waals surface area contributed by atoms with E-state index in [-0.39, 0.29) is 30.9 Å². The van der Waals surface area contributed by atoms with E-state index < -0.39 is 10.1 Å². The molecule has 0 amide bonds. The number of benzene rings is 2. The van der Waals surface area contributed by atoms with Gasteiger partial charge in [-0.2, -0.15) is 8.42 Å². The molecular weight excluding hydrogens is 243 g/mol. The van der Waals surface area contributed by atoms with E-state index in [1.807, 2.05) is 18.2 Å². The first-order valence-corrected chi connectivity index (χ1v) is 6.49. The van der Waals surface area contributed by atoms with Crippen molar-refractivity contribution in [2.24, 2.45) is 0 Å². The summed E-state index contributed by atoms with van der Waals surface area (Å²) < 4.78 is 28.8. The molecule has 2 aromatic rings. The molecule has 2 rings (SSSR count). The minimum Gasteiger partial charge on any atom is -1.00 e. The summed E-state index contributed by atoms with van der Waals surface area (Å²) in [5, 5.41) is 1.51. The van der Waals surface area contributed by atoms with Crippen LogP contribution < -0.4 is 18.9 Å². The van der Waals surface area contributed by atoms with Crippen molar-refractivity contribution in [3.63, 3.8) is 0 Å². The maximum atomic E-state index is 12.0. The van der Waals surface area contributed by atoms with Crippen molar-refractivity contribution in [1.29, 1.82) is 0 Å². The Bertz CT molecular complexity index is 678. The molecule has 0 aromatic heterocycles. The third-order valence-corrected chi connectivity index (χ3v) is 3.67. The summed E-state index contributed by atoms with van der Waals surface area (Å²) in [7, 11) is -3.79. The van der Waals surface area contributed by atoms with Gasteiger partial charge in [0.05, 0.1) is 0 Å². The first-order chi connectivity index (χ1) is 8.00. The Hall–Kier alpha value is -1.21. The molecule has 0 heterocycles. The Labute approximate surface area is 120 Å². The first kappa shape index (κ1) is 14.8. The van der Waals surface area contributed by atoms with E-state index in [1.165, 1.54) is 13.0 Å². The van der Waals surface area contributed by atoms with Gasteiger partial charge in [0.25, 0.3) is 0 Å². The molecule has 0 N–H and O–H groups in total. The fourth-order valence-corrected chi connectivity index (χ4v) is 2.81. The molecule has 3 nitrogen and oxygen atoms in total. The van der Waals surface area contributed by atoms with Crippen molar-refractivity contribution in [1.82, 2.24) is 0 Å². The van der Waals surface area contributed by atoms with Crippen molar-refractivity contribution in [3.8, 4) is 0 Å². The van der Waals surface area contributed by atoms with Crippen LogP contribution in [0.25, 0.3) is 10.8 Å². The number of hydrogen-bond acceptors (Lipinski definition) is 3. The molecule has 5 heteroatoms. The Balaban J connectivity index is 0.00000162. The van der Waals surface area contributed by atoms with Gasteiger partial charge in [-0.05, 0) is 18.4 Å². The fourth-order valence-electron chi connectivity index (χ4n) is 1.65. The van der Waals surface area contributed by atoms with E-state index in [1.54, 1.807) is 18.2 Å². The van der Waals surface area contributed by atoms with Crippen molar-refractivity contribution in [2.75, 3.05) is 0 Å². The predicted molar refractivity (Wildman–Crippen MR) is 68.1 cm³/mol. The van der Waals surface area contributed by atoms with E-state index in [4.69, 9.17) is 4.18 Å². The number of rotatable bonds is 3. The van der Waals surface area contributed by atoms with Crippen LogP contribution in [0.3, 0.4) is 0 Å². The molecule has 18 heavy (non-hydrogen) atoms. The molecule has 2 aromatic carbocycles. The zero-order chi connectivity index (χ0) is 12.5. The monoisotopic (exact) mass is 256 g/mol. The van der Waals surface area contributed by atoms with Gasteiger partial charge in [0.15, 0.2) is 0 Å². The van der Waals surface area contributed by atoms with Gasteiger partial charge < -0.3 is 5.61 Å². The summed E-state index contributed by atoms with van der Waals surface area (Å²) in [6.45, 7) is 4.95. The average Bonchev–Trinajstić information content (AvgIpc) is 2.26. The second-order valence-corrected chi connectivity index (χ2v) is 5.23. The Morgan fingerprint density at radius 1 is 1.17 bits per heavy atom. The molecule has 0 spiro atoms. The fraction of sp³-hybridized carbons (Fsp3) is 0.0769. The van der Waals surface area contributed by atoms with Gasteiger partial charge in [0.2, 0.25) is 0 Å². The van der Waals surface area contributed by atoms with E-state index >= 15 is 0 Å². The van der Waals surface area contributed by atoms with E-state index in [2.05, 4.69) is 6.58 Å². The molecule has 0 aliphatic rings. The molecule has 90 valence electrons. The first-order valence-electron chi connectivity index (χ1n) is 5.08. The Morgan fingerprint density at radius 2 is 1.78 bits per heavy atom. The molecule has 0 unspecified atom stereocenters. The molecule has 0 saturated heterocycles. The van der Waals surface area contributed by atoms with Gasteiger partial charge in [0.1, 0.15) is 10.7 Å². The van der Waals surface area contributed by atoms with Crippen LogP contribution in [-0.2, 0) is 14.3 Å². The molecule has 0 bridgehead atoms. The van der Waals surface area contributed by atoms with Crippen molar-refractivity contribution in [2.45, 2.75) is 11.8 Å². The second kappa shape index (κ2) is 5.62. The summed E-state index contributed by atoms with van der Waals surface area (Å²) in [6, 6.07) is 12.3. The van der Waals surface area contributed by atoms with Gasteiger partial charge in [-0.25, -0.2) is 0 Å². The minimum absolute atomic E-state index is 0. The van der Waals surface area contributed by atoms with Crippen LogP contribution in [-0.4, -0.2) is 8.42 Å². The molecule has 0 aliphatic carbocycles. The number of fused-ring (bicyclic) bond motifs is 1. The van der Waals surface area contributed by atoms with Gasteiger partial charge in [-0.15, -0.1) is 0 Å². The summed E-state index contributed by atoms with van der Waals surface area (Å²) in [4.78, 5) is 0.165. The van der Waals surface area contributed by atoms with E-state index in [9.17, 15) is 8.42 Å². The number of allylic oxidation sites excluding steroid dienone is 1. The summed E-state index contributed by atoms with van der Waals surface area (Å²) in [5.41, 5.74) is 0. The quantitative estimate of drug-likeness (QED) is 0.447. The average molecular weight is 256 g/mol. The Kier molecular flexibility index (Phi) is 4.63. The third-order valence-electron chi connectivity index (χ3n) is 2.27. The van der Waals surface area contributed by atoms with Crippen LogP contribution >= 0.6 is 0 Å². The van der Waals surface area contributed by atoms with Crippen LogP contribution in [0.15, 0.2) is 59.7 Å². The van der Waals surface area contributed by atoms with Crippen LogP contribution in [0.4, 0.5) is 0 Å². The zero-order valence-electron chi connectivity index (χ0n) is 11.4. The normalized spacial score (nSPS) is 10.7. The Morgan fingerprint density at radius 3 is 2.44 bits per heavy atom. The third kappa shape index (κ3) is 2.97. The number of hydrogen-bond donors (Lipinski definition) is 0. The molecule has 0 fully saturated rings. The van der Waals surface area contributed by atoms with E-state index in [0.29, 0.717) is 5.39 Å². The molecule has 0 atom stereocenters. The topological polar surface area (TPSA) is 43.4 Å². The van der Waals surface area contributed by atoms with Gasteiger partial charge in [-0.1, -0.05) is 43.0 Å². The molecular formula is C13H13LiO3S. The summed E-state index contributed by atoms with van der Waals surface area (Å²) in [6.07, 6.45) is 0. The summed E-state index contributed by atoms with van der Waals surface area (Å²) >= 11 is 0. The van der Waals surface area contributed by atoms with Crippen LogP contribution in [0.2, 0.25) is 0 Å². The standard InChI is InChI=1S/C13H12O3S.Li.H/c1-10(2)16-17(14,15)13-9-5-7-11-6-3-4-8-12(11)13;;/h3-9H,1H2,2H3;;/q;+1;-1. The van der Waals surface area contributed by atoms with Crippen molar-refractivity contribution < 1.29 is 32.9 Å². The molecule has 0 radical (unpaired) electrons. The largest absolute Gasteiger partial charge is 1.00 e. The zero-order valence-corrected chi connectivity index (χ0v) is 11.2. The van der Waals surface area contributed by atoms with E-state index in [0.717, 1.165) is 5.39 Å². The maximum Gasteiger partial charge on any atom is 1.00 e. The van der Waals surface area contributed by atoms with Crippen LogP contribution in [0, 0.1) is 0 Å². The smallest absolute Gasteiger partial charge is 1.00 e. The summed E-state index contributed by atoms with van der Waals surface area (Å²) in [5.74, 6) is 0.151. The van der Waals surface area contributed by atoms with Gasteiger partial charge in [-0.3, -0.25) is 0 Å². The maximum absolute atomic E-state index is 12.0. The molecule has 0 aliphatic heterocycles. The van der Waals surface area contributed by atoms with Crippen molar-refractivity contribution >= 4 is 20.9 Å². The van der Waals surface area contributed by atoms with Gasteiger partial charge >= 0.3 is 29.0 Å². The SMILES string of the molecule is C=C(C)OS(=O)(=O)c1cccc2ccccc12.[H-].[Li+].